The van der Waals surface area contributed by atoms with Crippen molar-refractivity contribution in [3.63, 3.8) is 0 Å². The predicted octanol–water partition coefficient (Wildman–Crippen LogP) is 3.31. The van der Waals surface area contributed by atoms with Gasteiger partial charge in [-0.25, -0.2) is 4.79 Å². The average Bonchev–Trinajstić information content (AvgIpc) is 2.45. The van der Waals surface area contributed by atoms with E-state index in [1.807, 2.05) is 11.9 Å². The molecule has 0 amide bonds. The molecule has 0 spiro atoms. The molecule has 1 N–H and O–H groups in total. The van der Waals surface area contributed by atoms with Crippen molar-refractivity contribution in [2.75, 3.05) is 11.9 Å². The smallest absolute Gasteiger partial charge is 0.337 e. The Hall–Kier alpha value is -2.11. The molecule has 2 atom stereocenters. The third kappa shape index (κ3) is 3.32. The number of rotatable bonds is 4. The second-order valence-electron chi connectivity index (χ2n) is 5.80. The summed E-state index contributed by atoms with van der Waals surface area (Å²) < 4.78 is 0. The van der Waals surface area contributed by atoms with Gasteiger partial charge in [-0.3, -0.25) is 10.1 Å². The summed E-state index contributed by atoms with van der Waals surface area (Å²) in [5.41, 5.74) is 0.461. The van der Waals surface area contributed by atoms with Crippen molar-refractivity contribution in [1.29, 1.82) is 0 Å². The summed E-state index contributed by atoms with van der Waals surface area (Å²) in [6, 6.07) is 4.15. The molecule has 1 aromatic rings. The van der Waals surface area contributed by atoms with Crippen LogP contribution in [0.15, 0.2) is 18.2 Å². The summed E-state index contributed by atoms with van der Waals surface area (Å²) in [4.78, 5) is 23.7. The number of carbonyl (C=O) groups is 1. The van der Waals surface area contributed by atoms with Crippen molar-refractivity contribution in [3.05, 3.63) is 33.9 Å². The fraction of sp³-hybridized carbons (Fsp3) is 0.533. The molecular weight excluding hydrogens is 272 g/mol. The van der Waals surface area contributed by atoms with Crippen molar-refractivity contribution >= 4 is 17.3 Å². The van der Waals surface area contributed by atoms with Gasteiger partial charge in [-0.1, -0.05) is 19.8 Å². The Morgan fingerprint density at radius 2 is 2.14 bits per heavy atom. The molecule has 0 bridgehead atoms. The zero-order valence-electron chi connectivity index (χ0n) is 12.3. The molecule has 1 aliphatic rings. The first-order valence-electron chi connectivity index (χ1n) is 7.14. The van der Waals surface area contributed by atoms with E-state index in [1.54, 1.807) is 0 Å². The van der Waals surface area contributed by atoms with Gasteiger partial charge < -0.3 is 10.0 Å². The highest BCUT2D eigenvalue weighted by atomic mass is 16.6. The molecule has 0 aromatic heterocycles. The molecule has 0 radical (unpaired) electrons. The van der Waals surface area contributed by atoms with Gasteiger partial charge >= 0.3 is 5.97 Å². The molecule has 114 valence electrons. The minimum Gasteiger partial charge on any atom is -0.478 e. The summed E-state index contributed by atoms with van der Waals surface area (Å²) in [7, 11) is 1.83. The summed E-state index contributed by atoms with van der Waals surface area (Å²) >= 11 is 0. The summed E-state index contributed by atoms with van der Waals surface area (Å²) in [6.07, 6.45) is 4.26. The molecule has 0 heterocycles. The highest BCUT2D eigenvalue weighted by molar-refractivity contribution is 5.95. The zero-order chi connectivity index (χ0) is 15.6. The molecule has 21 heavy (non-hydrogen) atoms. The van der Waals surface area contributed by atoms with Crippen LogP contribution in [0.1, 0.15) is 43.0 Å². The van der Waals surface area contributed by atoms with Crippen molar-refractivity contribution in [1.82, 2.24) is 0 Å². The molecule has 1 aromatic carbocycles. The van der Waals surface area contributed by atoms with Gasteiger partial charge in [0.2, 0.25) is 0 Å². The van der Waals surface area contributed by atoms with Crippen molar-refractivity contribution in [3.8, 4) is 0 Å². The van der Waals surface area contributed by atoms with Gasteiger partial charge in [0.15, 0.2) is 0 Å². The number of aromatic carboxylic acids is 1. The van der Waals surface area contributed by atoms with Crippen molar-refractivity contribution in [2.45, 2.75) is 38.6 Å². The van der Waals surface area contributed by atoms with Crippen LogP contribution in [0.2, 0.25) is 0 Å². The summed E-state index contributed by atoms with van der Waals surface area (Å²) in [6.45, 7) is 2.19. The number of carboxylic acids is 1. The Balaban J connectivity index is 2.37. The Morgan fingerprint density at radius 1 is 1.43 bits per heavy atom. The van der Waals surface area contributed by atoms with Crippen LogP contribution < -0.4 is 4.90 Å². The van der Waals surface area contributed by atoms with Crippen LogP contribution in [-0.2, 0) is 0 Å². The van der Waals surface area contributed by atoms with Crippen LogP contribution in [0.25, 0.3) is 0 Å². The maximum Gasteiger partial charge on any atom is 0.337 e. The van der Waals surface area contributed by atoms with Crippen LogP contribution in [0.5, 0.6) is 0 Å². The summed E-state index contributed by atoms with van der Waals surface area (Å²) in [5.74, 6) is -0.464. The number of hydrogen-bond donors (Lipinski definition) is 1. The SMILES string of the molecule is CC1CCCC(N(C)c2cc([N+](=O)[O-])ccc2C(=O)O)C1. The standard InChI is InChI=1S/C15H20N2O4/c1-10-4-3-5-11(8-10)16(2)14-9-12(17(20)21)6-7-13(14)15(18)19/h6-7,9-11H,3-5,8H2,1-2H3,(H,18,19). The molecule has 2 rings (SSSR count). The molecule has 0 aliphatic heterocycles. The van der Waals surface area contributed by atoms with Gasteiger partial charge in [0.25, 0.3) is 5.69 Å². The van der Waals surface area contributed by atoms with Gasteiger partial charge in [-0.15, -0.1) is 0 Å². The topological polar surface area (TPSA) is 83.7 Å². The van der Waals surface area contributed by atoms with Crippen LogP contribution in [-0.4, -0.2) is 29.1 Å². The fourth-order valence-electron chi connectivity index (χ4n) is 3.06. The van der Waals surface area contributed by atoms with E-state index in [9.17, 15) is 20.0 Å². The molecule has 1 aliphatic carbocycles. The van der Waals surface area contributed by atoms with E-state index in [2.05, 4.69) is 6.92 Å². The first-order valence-corrected chi connectivity index (χ1v) is 7.14. The molecule has 2 unspecified atom stereocenters. The maximum atomic E-state index is 11.4. The number of non-ortho nitro benzene ring substituents is 1. The zero-order valence-corrected chi connectivity index (χ0v) is 12.3. The number of hydrogen-bond acceptors (Lipinski definition) is 4. The molecule has 1 fully saturated rings. The number of benzene rings is 1. The quantitative estimate of drug-likeness (QED) is 0.680. The van der Waals surface area contributed by atoms with E-state index in [-0.39, 0.29) is 17.3 Å². The third-order valence-electron chi connectivity index (χ3n) is 4.26. The second-order valence-corrected chi connectivity index (χ2v) is 5.80. The number of nitro benzene ring substituents is 1. The van der Waals surface area contributed by atoms with Gasteiger partial charge in [0, 0.05) is 25.2 Å². The first-order chi connectivity index (χ1) is 9.90. The second kappa shape index (κ2) is 6.11. The molecule has 6 nitrogen and oxygen atoms in total. The minimum atomic E-state index is -1.06. The van der Waals surface area contributed by atoms with Crippen molar-refractivity contribution < 1.29 is 14.8 Å². The van der Waals surface area contributed by atoms with E-state index in [0.717, 1.165) is 19.3 Å². The molecule has 6 heteroatoms. The van der Waals surface area contributed by atoms with Gasteiger partial charge in [0.1, 0.15) is 0 Å². The van der Waals surface area contributed by atoms with Crippen LogP contribution in [0.4, 0.5) is 11.4 Å². The number of nitrogens with zero attached hydrogens (tertiary/aromatic N) is 2. The van der Waals surface area contributed by atoms with Crippen molar-refractivity contribution in [2.24, 2.45) is 5.92 Å². The minimum absolute atomic E-state index is 0.0780. The Labute approximate surface area is 123 Å². The molecular formula is C15H20N2O4. The highest BCUT2D eigenvalue weighted by Gasteiger charge is 2.26. The lowest BCUT2D eigenvalue weighted by atomic mass is 9.86. The van der Waals surface area contributed by atoms with Crippen LogP contribution in [0.3, 0.4) is 0 Å². The summed E-state index contributed by atoms with van der Waals surface area (Å²) in [5, 5.41) is 20.2. The van der Waals surface area contributed by atoms with E-state index >= 15 is 0 Å². The predicted molar refractivity (Wildman–Crippen MR) is 79.9 cm³/mol. The van der Waals surface area contributed by atoms with Crippen LogP contribution in [0, 0.1) is 16.0 Å². The fourth-order valence-corrected chi connectivity index (χ4v) is 3.06. The monoisotopic (exact) mass is 292 g/mol. The first kappa shape index (κ1) is 15.3. The van der Waals surface area contributed by atoms with Crippen LogP contribution >= 0.6 is 0 Å². The van der Waals surface area contributed by atoms with Gasteiger partial charge in [0.05, 0.1) is 16.2 Å². The Bertz CT molecular complexity index is 559. The van der Waals surface area contributed by atoms with Gasteiger partial charge in [-0.2, -0.15) is 0 Å². The van der Waals surface area contributed by atoms with E-state index in [1.165, 1.54) is 24.6 Å². The average molecular weight is 292 g/mol. The molecule has 0 saturated heterocycles. The number of carboxylic acid groups (broad SMARTS) is 1. The Morgan fingerprint density at radius 3 is 2.71 bits per heavy atom. The lowest BCUT2D eigenvalue weighted by Gasteiger charge is -2.36. The maximum absolute atomic E-state index is 11.4. The molecule has 1 saturated carbocycles. The number of nitro groups is 1. The largest absolute Gasteiger partial charge is 0.478 e. The lowest BCUT2D eigenvalue weighted by Crippen LogP contribution is -2.36. The Kier molecular flexibility index (Phi) is 4.45. The van der Waals surface area contributed by atoms with E-state index < -0.39 is 10.9 Å². The normalized spacial score (nSPS) is 21.8. The highest BCUT2D eigenvalue weighted by Crippen LogP contribution is 2.33. The van der Waals surface area contributed by atoms with Gasteiger partial charge in [-0.05, 0) is 24.8 Å². The van der Waals surface area contributed by atoms with E-state index in [0.29, 0.717) is 11.6 Å². The number of anilines is 1. The lowest BCUT2D eigenvalue weighted by molar-refractivity contribution is -0.384. The van der Waals surface area contributed by atoms with E-state index in [4.69, 9.17) is 0 Å². The third-order valence-corrected chi connectivity index (χ3v) is 4.26.